The summed E-state index contributed by atoms with van der Waals surface area (Å²) in [6, 6.07) is 5.43. The Morgan fingerprint density at radius 1 is 1.18 bits per heavy atom. The fourth-order valence-electron chi connectivity index (χ4n) is 2.68. The molecule has 1 aliphatic heterocycles. The number of nitrogens with one attached hydrogen (secondary N) is 1. The van der Waals surface area contributed by atoms with Crippen LogP contribution in [0.5, 0.6) is 5.75 Å². The van der Waals surface area contributed by atoms with Gasteiger partial charge >= 0.3 is 0 Å². The minimum absolute atomic E-state index is 0.401. The van der Waals surface area contributed by atoms with Crippen molar-refractivity contribution in [1.29, 1.82) is 0 Å². The molecule has 22 heavy (non-hydrogen) atoms. The maximum absolute atomic E-state index is 12.5. The molecule has 6 heteroatoms. The van der Waals surface area contributed by atoms with Crippen LogP contribution < -0.4 is 4.74 Å². The number of ketones is 1. The molecule has 0 spiro atoms. The van der Waals surface area contributed by atoms with E-state index in [1.807, 2.05) is 19.2 Å². The van der Waals surface area contributed by atoms with Crippen LogP contribution in [-0.4, -0.2) is 66.8 Å². The number of hydrogen-bond donors (Lipinski definition) is 1. The number of benzene rings is 1. The first-order chi connectivity index (χ1) is 10.6. The Bertz CT molecular complexity index is 714. The van der Waals surface area contributed by atoms with E-state index >= 15 is 0 Å². The van der Waals surface area contributed by atoms with Crippen LogP contribution in [0.2, 0.25) is 0 Å². The van der Waals surface area contributed by atoms with Gasteiger partial charge in [0, 0.05) is 43.3 Å². The summed E-state index contributed by atoms with van der Waals surface area (Å²) in [5, 5.41) is 0.715. The van der Waals surface area contributed by atoms with Crippen LogP contribution in [0, 0.1) is 0 Å². The number of likely N-dealkylation sites (N-methyl/N-ethyl adjacent to an activating group) is 1. The van der Waals surface area contributed by atoms with Gasteiger partial charge in [-0.2, -0.15) is 0 Å². The summed E-state index contributed by atoms with van der Waals surface area (Å²) in [4.78, 5) is 31.7. The summed E-state index contributed by atoms with van der Waals surface area (Å²) >= 11 is 0. The number of carbonyl (C=O) groups is 2. The third-order valence-electron chi connectivity index (χ3n) is 4.12. The highest BCUT2D eigenvalue weighted by Gasteiger charge is 2.27. The molecule has 0 bridgehead atoms. The maximum atomic E-state index is 12.5. The summed E-state index contributed by atoms with van der Waals surface area (Å²) in [5.74, 6) is -0.242. The second kappa shape index (κ2) is 5.81. The second-order valence-electron chi connectivity index (χ2n) is 5.54. The van der Waals surface area contributed by atoms with Gasteiger partial charge in [-0.25, -0.2) is 0 Å². The molecule has 1 fully saturated rings. The van der Waals surface area contributed by atoms with E-state index in [0.29, 0.717) is 29.8 Å². The predicted molar refractivity (Wildman–Crippen MR) is 83.3 cm³/mol. The van der Waals surface area contributed by atoms with Crippen LogP contribution in [0.3, 0.4) is 0 Å². The van der Waals surface area contributed by atoms with E-state index in [1.54, 1.807) is 24.3 Å². The molecule has 116 valence electrons. The Morgan fingerprint density at radius 2 is 1.91 bits per heavy atom. The van der Waals surface area contributed by atoms with E-state index in [-0.39, 0.29) is 0 Å². The van der Waals surface area contributed by atoms with Gasteiger partial charge in [0.05, 0.1) is 12.7 Å². The minimum atomic E-state index is -0.468. The first-order valence-electron chi connectivity index (χ1n) is 7.27. The van der Waals surface area contributed by atoms with Crippen molar-refractivity contribution in [2.45, 2.75) is 0 Å². The van der Waals surface area contributed by atoms with Gasteiger partial charge in [-0.3, -0.25) is 9.59 Å². The summed E-state index contributed by atoms with van der Waals surface area (Å²) in [5.41, 5.74) is 1.22. The quantitative estimate of drug-likeness (QED) is 0.682. The van der Waals surface area contributed by atoms with Crippen molar-refractivity contribution >= 4 is 22.6 Å². The molecule has 1 N–H and O–H groups in total. The number of aromatic amines is 1. The zero-order chi connectivity index (χ0) is 15.7. The van der Waals surface area contributed by atoms with E-state index in [1.165, 1.54) is 0 Å². The minimum Gasteiger partial charge on any atom is -0.497 e. The van der Waals surface area contributed by atoms with Crippen LogP contribution >= 0.6 is 0 Å². The molecule has 0 unspecified atom stereocenters. The summed E-state index contributed by atoms with van der Waals surface area (Å²) < 4.78 is 5.19. The lowest BCUT2D eigenvalue weighted by Gasteiger charge is -2.31. The molecule has 1 amide bonds. The van der Waals surface area contributed by atoms with Crippen LogP contribution in [-0.2, 0) is 4.79 Å². The molecule has 1 saturated heterocycles. The lowest BCUT2D eigenvalue weighted by Crippen LogP contribution is -2.49. The zero-order valence-corrected chi connectivity index (χ0v) is 12.8. The van der Waals surface area contributed by atoms with Gasteiger partial charge in [0.1, 0.15) is 5.75 Å². The molecule has 2 aromatic rings. The monoisotopic (exact) mass is 301 g/mol. The van der Waals surface area contributed by atoms with Crippen molar-refractivity contribution in [3.63, 3.8) is 0 Å². The number of hydrogen-bond acceptors (Lipinski definition) is 4. The highest BCUT2D eigenvalue weighted by atomic mass is 16.5. The zero-order valence-electron chi connectivity index (χ0n) is 12.8. The molecule has 0 aliphatic carbocycles. The van der Waals surface area contributed by atoms with Crippen molar-refractivity contribution in [1.82, 2.24) is 14.8 Å². The van der Waals surface area contributed by atoms with Gasteiger partial charge in [-0.05, 0) is 25.2 Å². The van der Waals surface area contributed by atoms with E-state index in [2.05, 4.69) is 9.88 Å². The van der Waals surface area contributed by atoms with Gasteiger partial charge < -0.3 is 19.5 Å². The van der Waals surface area contributed by atoms with Crippen molar-refractivity contribution in [3.8, 4) is 5.75 Å². The normalized spacial score (nSPS) is 16.0. The van der Waals surface area contributed by atoms with Crippen LogP contribution in [0.4, 0.5) is 0 Å². The lowest BCUT2D eigenvalue weighted by molar-refractivity contribution is -0.127. The van der Waals surface area contributed by atoms with Crippen LogP contribution in [0.25, 0.3) is 10.9 Å². The highest BCUT2D eigenvalue weighted by molar-refractivity contribution is 6.44. The van der Waals surface area contributed by atoms with E-state index in [0.717, 1.165) is 18.6 Å². The Balaban J connectivity index is 1.87. The van der Waals surface area contributed by atoms with Crippen molar-refractivity contribution in [2.24, 2.45) is 0 Å². The Labute approximate surface area is 128 Å². The standard InChI is InChI=1S/C16H19N3O3/c1-18-5-7-19(8-6-18)16(21)15(20)13-10-17-14-4-3-11(22-2)9-12(13)14/h3-4,9-10,17H,5-8H2,1-2H3. The molecule has 0 atom stereocenters. The summed E-state index contributed by atoms with van der Waals surface area (Å²) in [6.45, 7) is 2.76. The molecular formula is C16H19N3O3. The number of aromatic nitrogens is 1. The molecular weight excluding hydrogens is 282 g/mol. The lowest BCUT2D eigenvalue weighted by atomic mass is 10.1. The largest absolute Gasteiger partial charge is 0.497 e. The van der Waals surface area contributed by atoms with Gasteiger partial charge in [0.2, 0.25) is 0 Å². The van der Waals surface area contributed by atoms with Crippen molar-refractivity contribution in [2.75, 3.05) is 40.3 Å². The average Bonchev–Trinajstić information content (AvgIpc) is 2.97. The first kappa shape index (κ1) is 14.6. The molecule has 2 heterocycles. The fraction of sp³-hybridized carbons (Fsp3) is 0.375. The number of amides is 1. The van der Waals surface area contributed by atoms with Gasteiger partial charge in [0.25, 0.3) is 11.7 Å². The smallest absolute Gasteiger partial charge is 0.295 e. The Kier molecular flexibility index (Phi) is 3.85. The predicted octanol–water partition coefficient (Wildman–Crippen LogP) is 1.13. The number of rotatable bonds is 3. The summed E-state index contributed by atoms with van der Waals surface area (Å²) in [7, 11) is 3.58. The molecule has 1 aliphatic rings. The Hall–Kier alpha value is -2.34. The number of methoxy groups -OCH3 is 1. The molecule has 1 aromatic carbocycles. The highest BCUT2D eigenvalue weighted by Crippen LogP contribution is 2.24. The average molecular weight is 301 g/mol. The topological polar surface area (TPSA) is 65.6 Å². The van der Waals surface area contributed by atoms with E-state index < -0.39 is 11.7 Å². The molecule has 6 nitrogen and oxygen atoms in total. The summed E-state index contributed by atoms with van der Waals surface area (Å²) in [6.07, 6.45) is 1.60. The molecule has 1 aromatic heterocycles. The number of piperazine rings is 1. The maximum Gasteiger partial charge on any atom is 0.295 e. The van der Waals surface area contributed by atoms with Crippen LogP contribution in [0.1, 0.15) is 10.4 Å². The third kappa shape index (κ3) is 2.57. The van der Waals surface area contributed by atoms with Gasteiger partial charge in [-0.1, -0.05) is 0 Å². The first-order valence-corrected chi connectivity index (χ1v) is 7.27. The third-order valence-corrected chi connectivity index (χ3v) is 4.12. The van der Waals surface area contributed by atoms with Gasteiger partial charge in [-0.15, -0.1) is 0 Å². The number of carbonyl (C=O) groups excluding carboxylic acids is 2. The number of H-pyrrole nitrogens is 1. The number of nitrogens with zero attached hydrogens (tertiary/aromatic N) is 2. The van der Waals surface area contributed by atoms with E-state index in [4.69, 9.17) is 4.74 Å². The molecule has 0 radical (unpaired) electrons. The van der Waals surface area contributed by atoms with Crippen LogP contribution in [0.15, 0.2) is 24.4 Å². The number of ether oxygens (including phenoxy) is 1. The Morgan fingerprint density at radius 3 is 2.59 bits per heavy atom. The second-order valence-corrected chi connectivity index (χ2v) is 5.54. The SMILES string of the molecule is COc1ccc2[nH]cc(C(=O)C(=O)N3CCN(C)CC3)c2c1. The fourth-order valence-corrected chi connectivity index (χ4v) is 2.68. The van der Waals surface area contributed by atoms with Gasteiger partial charge in [0.15, 0.2) is 0 Å². The number of Topliss-reactive ketones (excluding diaryl/α,β-unsaturated/α-hetero) is 1. The van der Waals surface area contributed by atoms with E-state index in [9.17, 15) is 9.59 Å². The number of fused-ring (bicyclic) bond motifs is 1. The molecule has 3 rings (SSSR count). The van der Waals surface area contributed by atoms with Crippen molar-refractivity contribution in [3.05, 3.63) is 30.0 Å². The van der Waals surface area contributed by atoms with Crippen molar-refractivity contribution < 1.29 is 14.3 Å². The molecule has 0 saturated carbocycles.